The summed E-state index contributed by atoms with van der Waals surface area (Å²) in [5, 5.41) is 13.6. The summed E-state index contributed by atoms with van der Waals surface area (Å²) >= 11 is 12.2. The van der Waals surface area contributed by atoms with E-state index in [4.69, 9.17) is 27.9 Å². The number of ether oxygens (including phenoxy) is 1. The van der Waals surface area contributed by atoms with Crippen LogP contribution in [0.4, 0.5) is 11.4 Å². The standard InChI is InChI=1S/C14H10Cl2N2O4/c1-8(19)17-9-6-12(15)14(13(16)7-9)22-11-4-2-10(3-5-11)18(20)21/h2-7H,1H3,(H,17,19). The quantitative estimate of drug-likeness (QED) is 0.648. The van der Waals surface area contributed by atoms with E-state index >= 15 is 0 Å². The molecule has 1 amide bonds. The maximum Gasteiger partial charge on any atom is 0.269 e. The summed E-state index contributed by atoms with van der Waals surface area (Å²) in [4.78, 5) is 21.1. The van der Waals surface area contributed by atoms with Crippen molar-refractivity contribution in [2.24, 2.45) is 0 Å². The van der Waals surface area contributed by atoms with Crippen molar-refractivity contribution in [2.45, 2.75) is 6.92 Å². The van der Waals surface area contributed by atoms with Gasteiger partial charge in [0.05, 0.1) is 15.0 Å². The van der Waals surface area contributed by atoms with Gasteiger partial charge in [-0.25, -0.2) is 0 Å². The lowest BCUT2D eigenvalue weighted by Gasteiger charge is -2.11. The highest BCUT2D eigenvalue weighted by Crippen LogP contribution is 2.39. The van der Waals surface area contributed by atoms with Gasteiger partial charge in [0, 0.05) is 24.7 Å². The maximum atomic E-state index is 11.0. The number of halogens is 2. The monoisotopic (exact) mass is 340 g/mol. The number of anilines is 1. The number of amides is 1. The maximum absolute atomic E-state index is 11.0. The van der Waals surface area contributed by atoms with Gasteiger partial charge in [0.15, 0.2) is 5.75 Å². The van der Waals surface area contributed by atoms with Crippen molar-refractivity contribution in [3.63, 3.8) is 0 Å². The lowest BCUT2D eigenvalue weighted by molar-refractivity contribution is -0.384. The van der Waals surface area contributed by atoms with Crippen molar-refractivity contribution in [3.8, 4) is 11.5 Å². The molecular weight excluding hydrogens is 331 g/mol. The lowest BCUT2D eigenvalue weighted by atomic mass is 10.2. The predicted octanol–water partition coefficient (Wildman–Crippen LogP) is 4.65. The van der Waals surface area contributed by atoms with Gasteiger partial charge in [-0.1, -0.05) is 23.2 Å². The van der Waals surface area contributed by atoms with Crippen molar-refractivity contribution < 1.29 is 14.5 Å². The van der Waals surface area contributed by atoms with Gasteiger partial charge in [-0.05, 0) is 24.3 Å². The molecule has 114 valence electrons. The fourth-order valence-electron chi connectivity index (χ4n) is 1.69. The lowest BCUT2D eigenvalue weighted by Crippen LogP contribution is -2.05. The van der Waals surface area contributed by atoms with Crippen LogP contribution in [0.5, 0.6) is 11.5 Å². The van der Waals surface area contributed by atoms with Crippen LogP contribution in [0, 0.1) is 10.1 Å². The summed E-state index contributed by atoms with van der Waals surface area (Å²) in [6.07, 6.45) is 0. The molecule has 0 saturated carbocycles. The summed E-state index contributed by atoms with van der Waals surface area (Å²) in [6.45, 7) is 1.36. The first kappa shape index (κ1) is 16.1. The second-order valence-electron chi connectivity index (χ2n) is 4.30. The Labute approximate surface area is 135 Å². The molecule has 0 spiro atoms. The minimum atomic E-state index is -0.508. The molecule has 0 radical (unpaired) electrons. The number of nitro benzene ring substituents is 1. The fourth-order valence-corrected chi connectivity index (χ4v) is 2.25. The summed E-state index contributed by atoms with van der Waals surface area (Å²) in [5.74, 6) is 0.295. The largest absolute Gasteiger partial charge is 0.454 e. The first-order valence-corrected chi connectivity index (χ1v) is 6.81. The van der Waals surface area contributed by atoms with Gasteiger partial charge < -0.3 is 10.1 Å². The van der Waals surface area contributed by atoms with Gasteiger partial charge in [-0.3, -0.25) is 14.9 Å². The van der Waals surface area contributed by atoms with Crippen molar-refractivity contribution in [1.82, 2.24) is 0 Å². The van der Waals surface area contributed by atoms with Crippen molar-refractivity contribution in [2.75, 3.05) is 5.32 Å². The van der Waals surface area contributed by atoms with Gasteiger partial charge in [0.25, 0.3) is 5.69 Å². The molecule has 0 atom stereocenters. The Morgan fingerprint density at radius 3 is 2.18 bits per heavy atom. The predicted molar refractivity (Wildman–Crippen MR) is 83.9 cm³/mol. The molecule has 0 heterocycles. The number of carbonyl (C=O) groups is 1. The van der Waals surface area contributed by atoms with Crippen LogP contribution in [0.1, 0.15) is 6.92 Å². The summed E-state index contributed by atoms with van der Waals surface area (Å²) in [6, 6.07) is 8.48. The van der Waals surface area contributed by atoms with Crippen molar-refractivity contribution in [1.29, 1.82) is 0 Å². The zero-order valence-corrected chi connectivity index (χ0v) is 12.8. The molecule has 0 aliphatic carbocycles. The molecule has 2 aromatic rings. The second-order valence-corrected chi connectivity index (χ2v) is 5.12. The van der Waals surface area contributed by atoms with Gasteiger partial charge in [0.2, 0.25) is 5.91 Å². The number of benzene rings is 2. The van der Waals surface area contributed by atoms with Gasteiger partial charge in [-0.2, -0.15) is 0 Å². The molecule has 0 aromatic heterocycles. The number of nitrogens with one attached hydrogen (secondary N) is 1. The minimum absolute atomic E-state index is 0.0504. The van der Waals surface area contributed by atoms with Crippen molar-refractivity contribution >= 4 is 40.5 Å². The third-order valence-electron chi connectivity index (χ3n) is 2.59. The van der Waals surface area contributed by atoms with Crippen LogP contribution in [0.2, 0.25) is 10.0 Å². The van der Waals surface area contributed by atoms with Gasteiger partial charge >= 0.3 is 0 Å². The van der Waals surface area contributed by atoms with Crippen LogP contribution in [0.25, 0.3) is 0 Å². The molecule has 2 rings (SSSR count). The van der Waals surface area contributed by atoms with E-state index in [0.717, 1.165) is 0 Å². The van der Waals surface area contributed by atoms with Crippen LogP contribution in [-0.4, -0.2) is 10.8 Å². The second kappa shape index (κ2) is 6.64. The molecule has 0 aliphatic rings. The number of rotatable bonds is 4. The number of nitrogens with zero attached hydrogens (tertiary/aromatic N) is 1. The number of hydrogen-bond donors (Lipinski definition) is 1. The van der Waals surface area contributed by atoms with E-state index in [1.165, 1.54) is 43.3 Å². The minimum Gasteiger partial charge on any atom is -0.454 e. The average molecular weight is 341 g/mol. The normalized spacial score (nSPS) is 10.1. The van der Waals surface area contributed by atoms with Gasteiger partial charge in [-0.15, -0.1) is 0 Å². The molecule has 8 heteroatoms. The van der Waals surface area contributed by atoms with E-state index in [-0.39, 0.29) is 27.4 Å². The highest BCUT2D eigenvalue weighted by atomic mass is 35.5. The van der Waals surface area contributed by atoms with Crippen molar-refractivity contribution in [3.05, 3.63) is 56.6 Å². The van der Waals surface area contributed by atoms with E-state index in [1.54, 1.807) is 0 Å². The van der Waals surface area contributed by atoms with E-state index < -0.39 is 4.92 Å². The zero-order chi connectivity index (χ0) is 16.3. The highest BCUT2D eigenvalue weighted by Gasteiger charge is 2.12. The third kappa shape index (κ3) is 3.87. The van der Waals surface area contributed by atoms with Crippen LogP contribution in [-0.2, 0) is 4.79 Å². The number of nitro groups is 1. The molecular formula is C14H10Cl2N2O4. The Morgan fingerprint density at radius 2 is 1.73 bits per heavy atom. The third-order valence-corrected chi connectivity index (χ3v) is 3.15. The first-order chi connectivity index (χ1) is 10.4. The van der Waals surface area contributed by atoms with Crippen LogP contribution in [0.3, 0.4) is 0 Å². The van der Waals surface area contributed by atoms with E-state index in [9.17, 15) is 14.9 Å². The summed E-state index contributed by atoms with van der Waals surface area (Å²) < 4.78 is 5.54. The highest BCUT2D eigenvalue weighted by molar-refractivity contribution is 6.37. The first-order valence-electron chi connectivity index (χ1n) is 6.06. The zero-order valence-electron chi connectivity index (χ0n) is 11.3. The smallest absolute Gasteiger partial charge is 0.269 e. The molecule has 0 saturated heterocycles. The Balaban J connectivity index is 2.25. The molecule has 0 aliphatic heterocycles. The van der Waals surface area contributed by atoms with Crippen LogP contribution in [0.15, 0.2) is 36.4 Å². The number of non-ortho nitro benzene ring substituents is 1. The average Bonchev–Trinajstić information content (AvgIpc) is 2.42. The Morgan fingerprint density at radius 1 is 1.18 bits per heavy atom. The molecule has 6 nitrogen and oxygen atoms in total. The SMILES string of the molecule is CC(=O)Nc1cc(Cl)c(Oc2ccc([N+](=O)[O-])cc2)c(Cl)c1. The molecule has 0 fully saturated rings. The summed E-state index contributed by atoms with van der Waals surface area (Å²) in [5.41, 5.74) is 0.393. The number of hydrogen-bond acceptors (Lipinski definition) is 4. The van der Waals surface area contributed by atoms with E-state index in [1.807, 2.05) is 0 Å². The van der Waals surface area contributed by atoms with E-state index in [0.29, 0.717) is 11.4 Å². The topological polar surface area (TPSA) is 81.5 Å². The Hall–Kier alpha value is -2.31. The van der Waals surface area contributed by atoms with E-state index in [2.05, 4.69) is 5.32 Å². The molecule has 22 heavy (non-hydrogen) atoms. The number of carbonyl (C=O) groups excluding carboxylic acids is 1. The fraction of sp³-hybridized carbons (Fsp3) is 0.0714. The van der Waals surface area contributed by atoms with Gasteiger partial charge in [0.1, 0.15) is 5.75 Å². The molecule has 1 N–H and O–H groups in total. The molecule has 0 bridgehead atoms. The molecule has 2 aromatic carbocycles. The Kier molecular flexibility index (Phi) is 4.85. The van der Waals surface area contributed by atoms with Crippen LogP contribution < -0.4 is 10.1 Å². The summed E-state index contributed by atoms with van der Waals surface area (Å²) in [7, 11) is 0. The van der Waals surface area contributed by atoms with Crippen LogP contribution >= 0.6 is 23.2 Å². The molecule has 0 unspecified atom stereocenters. The Bertz CT molecular complexity index is 709.